The third kappa shape index (κ3) is 12.5. The molecule has 5 atom stereocenters. The van der Waals surface area contributed by atoms with E-state index in [0.717, 1.165) is 6.20 Å². The van der Waals surface area contributed by atoms with Crippen LogP contribution in [0.15, 0.2) is 11.0 Å². The van der Waals surface area contributed by atoms with Gasteiger partial charge >= 0.3 is 87.1 Å². The van der Waals surface area contributed by atoms with E-state index in [2.05, 4.69) is 18.1 Å². The Kier molecular flexibility index (Phi) is 17.8. The quantitative estimate of drug-likeness (QED) is 0.195. The van der Waals surface area contributed by atoms with Crippen LogP contribution in [0.5, 0.6) is 0 Å². The minimum atomic E-state index is -6.16. The first-order chi connectivity index (χ1) is 14.0. The minimum absolute atomic E-state index is 0. The van der Waals surface area contributed by atoms with Crippen molar-refractivity contribution in [1.82, 2.24) is 9.55 Å². The summed E-state index contributed by atoms with van der Waals surface area (Å²) < 4.78 is 49.2. The molecule has 25 heteroatoms. The maximum Gasteiger partial charge on any atom is 1.00 e. The van der Waals surface area contributed by atoms with Gasteiger partial charge in [0.05, 0.1) is 20.5 Å². The molecule has 1 saturated heterocycles. The molecule has 35 heavy (non-hydrogen) atoms. The topological polar surface area (TPSA) is 299 Å². The van der Waals surface area contributed by atoms with E-state index in [0.29, 0.717) is 4.57 Å². The van der Waals surface area contributed by atoms with Crippen molar-refractivity contribution in [3.8, 4) is 0 Å². The van der Waals surface area contributed by atoms with Crippen molar-refractivity contribution in [1.29, 1.82) is 0 Å². The van der Waals surface area contributed by atoms with Crippen LogP contribution in [0.3, 0.4) is 0 Å². The number of nitrogen functional groups attached to an aromatic ring is 1. The van der Waals surface area contributed by atoms with Crippen molar-refractivity contribution in [3.63, 3.8) is 0 Å². The fourth-order valence-electron chi connectivity index (χ4n) is 2.34. The SMILES string of the molecule is Nc1nc(=O)n(C2CC(O)C(COP(=O)([O-])OP(=O)([O-])OP(=O)([O-])[O-])O2)cc1C(=O)O.[Li+].[Li+].[Li+].[Li+]. The maximum atomic E-state index is 11.9. The monoisotopic (exact) mass is 535 g/mol. The van der Waals surface area contributed by atoms with Gasteiger partial charge in [-0.2, -0.15) is 4.98 Å². The fourth-order valence-corrected chi connectivity index (χ4v) is 5.20. The number of carboxylic acids is 1. The number of aromatic carboxylic acids is 1. The molecule has 1 fully saturated rings. The van der Waals surface area contributed by atoms with Gasteiger partial charge in [-0.1, -0.05) is 0 Å². The van der Waals surface area contributed by atoms with Crippen LogP contribution in [0, 0.1) is 0 Å². The number of ether oxygens (including phenoxy) is 1. The van der Waals surface area contributed by atoms with E-state index in [1.807, 2.05) is 0 Å². The number of nitrogens with zero attached hydrogens (tertiary/aromatic N) is 2. The molecule has 0 aromatic carbocycles. The van der Waals surface area contributed by atoms with Crippen LogP contribution in [0.4, 0.5) is 5.82 Å². The molecule has 1 aliphatic heterocycles. The van der Waals surface area contributed by atoms with Crippen LogP contribution < -0.4 is 106 Å². The van der Waals surface area contributed by atoms with Gasteiger partial charge in [0.2, 0.25) is 0 Å². The van der Waals surface area contributed by atoms with E-state index in [4.69, 9.17) is 15.6 Å². The number of aromatic nitrogens is 2. The molecule has 1 aromatic rings. The van der Waals surface area contributed by atoms with Crippen molar-refractivity contribution < 1.29 is 142 Å². The van der Waals surface area contributed by atoms with Gasteiger partial charge in [0.15, 0.2) is 0 Å². The number of phosphoric ester groups is 1. The standard InChI is InChI=1S/C10H16N3O15P3.4Li/c11-8-4(9(15)16)2-13(10(17)12-8)7-1-5(14)6(26-7)3-25-30(21,22)28-31(23,24)27-29(18,19)20;;;;/h2,5-7,14H,1,3H2,(H,15,16)(H,21,22)(H,23,24)(H2,11,12,17)(H2,18,19,20);;;;/q;4*+1/p-4. The Bertz CT molecular complexity index is 1070. The number of aliphatic hydroxyl groups is 1. The molecule has 4 N–H and O–H groups in total. The summed E-state index contributed by atoms with van der Waals surface area (Å²) in [4.78, 5) is 69.4. The van der Waals surface area contributed by atoms with Gasteiger partial charge in [-0.05, 0) is 0 Å². The molecule has 0 amide bonds. The number of hydrogen-bond acceptors (Lipinski definition) is 16. The molecule has 0 radical (unpaired) electrons. The number of nitrogens with two attached hydrogens (primary N) is 1. The number of carboxylic acid groups (broad SMARTS) is 1. The normalized spacial score (nSPS) is 22.7. The summed E-state index contributed by atoms with van der Waals surface area (Å²) in [5, 5.41) is 19.0. The Balaban J connectivity index is -0.00000256. The molecule has 5 unspecified atom stereocenters. The molecule has 0 bridgehead atoms. The summed E-state index contributed by atoms with van der Waals surface area (Å²) >= 11 is 0. The zero-order valence-corrected chi connectivity index (χ0v) is 21.4. The van der Waals surface area contributed by atoms with Crippen molar-refractivity contribution in [2.24, 2.45) is 0 Å². The van der Waals surface area contributed by atoms with Crippen LogP contribution in [-0.2, 0) is 31.6 Å². The first kappa shape index (κ1) is 40.4. The molecule has 1 aliphatic rings. The fraction of sp³-hybridized carbons (Fsp3) is 0.500. The van der Waals surface area contributed by atoms with Gasteiger partial charge in [0, 0.05) is 12.6 Å². The van der Waals surface area contributed by atoms with E-state index in [-0.39, 0.29) is 81.9 Å². The second kappa shape index (κ2) is 15.5. The van der Waals surface area contributed by atoms with Gasteiger partial charge < -0.3 is 49.3 Å². The van der Waals surface area contributed by atoms with Crippen LogP contribution >= 0.6 is 23.5 Å². The van der Waals surface area contributed by atoms with Crippen molar-refractivity contribution in [2.75, 3.05) is 12.3 Å². The Morgan fingerprint density at radius 3 is 2.17 bits per heavy atom. The molecule has 176 valence electrons. The maximum absolute atomic E-state index is 11.9. The smallest absolute Gasteiger partial charge is 0.790 e. The summed E-state index contributed by atoms with van der Waals surface area (Å²) in [5.41, 5.74) is 3.71. The Labute approximate surface area is 244 Å². The minimum Gasteiger partial charge on any atom is -0.790 e. The molecule has 2 heterocycles. The number of anilines is 1. The Morgan fingerprint density at radius 2 is 1.69 bits per heavy atom. The Hall–Kier alpha value is 0.870. The van der Waals surface area contributed by atoms with Crippen molar-refractivity contribution >= 4 is 35.3 Å². The van der Waals surface area contributed by atoms with E-state index < -0.39 is 71.6 Å². The predicted molar refractivity (Wildman–Crippen MR) is 85.3 cm³/mol. The van der Waals surface area contributed by atoms with Crippen LogP contribution in [-0.4, -0.2) is 44.5 Å². The van der Waals surface area contributed by atoms with Crippen molar-refractivity contribution in [3.05, 3.63) is 22.2 Å². The van der Waals surface area contributed by atoms with E-state index in [9.17, 15) is 48.0 Å². The molecule has 2 rings (SSSR count). The number of hydrogen-bond donors (Lipinski definition) is 3. The van der Waals surface area contributed by atoms with Crippen molar-refractivity contribution in [2.45, 2.75) is 24.9 Å². The van der Waals surface area contributed by atoms with E-state index in [1.54, 1.807) is 0 Å². The molecule has 1 aromatic heterocycles. The molecule has 0 saturated carbocycles. The van der Waals surface area contributed by atoms with Crippen LogP contribution in [0.2, 0.25) is 0 Å². The van der Waals surface area contributed by atoms with Gasteiger partial charge in [-0.15, -0.1) is 0 Å². The van der Waals surface area contributed by atoms with Crippen LogP contribution in [0.25, 0.3) is 0 Å². The van der Waals surface area contributed by atoms with Gasteiger partial charge in [0.1, 0.15) is 23.7 Å². The first-order valence-corrected chi connectivity index (χ1v) is 12.0. The third-order valence-electron chi connectivity index (χ3n) is 3.52. The van der Waals surface area contributed by atoms with Gasteiger partial charge in [0.25, 0.3) is 15.6 Å². The number of rotatable bonds is 9. The molecule has 18 nitrogen and oxygen atoms in total. The number of carbonyl (C=O) groups is 1. The Morgan fingerprint density at radius 1 is 1.14 bits per heavy atom. The molecular weight excluding hydrogens is 523 g/mol. The average Bonchev–Trinajstić information content (AvgIpc) is 2.90. The van der Waals surface area contributed by atoms with E-state index in [1.165, 1.54) is 0 Å². The predicted octanol–water partition coefficient (Wildman–Crippen LogP) is -16.0. The second-order valence-corrected chi connectivity index (χ2v) is 10.0. The molecule has 0 aliphatic carbocycles. The van der Waals surface area contributed by atoms with Crippen LogP contribution in [0.1, 0.15) is 23.0 Å². The van der Waals surface area contributed by atoms with Gasteiger partial charge in [-0.25, -0.2) is 13.9 Å². The summed E-state index contributed by atoms with van der Waals surface area (Å²) in [6.07, 6.45) is -3.94. The summed E-state index contributed by atoms with van der Waals surface area (Å²) in [5.74, 6) is -2.10. The average molecular weight is 535 g/mol. The number of phosphoric acid groups is 3. The van der Waals surface area contributed by atoms with Gasteiger partial charge in [-0.3, -0.25) is 18.0 Å². The largest absolute Gasteiger partial charge is 1.00 e. The second-order valence-electron chi connectivity index (χ2n) is 5.77. The zero-order valence-electron chi connectivity index (χ0n) is 18.7. The zero-order chi connectivity index (χ0) is 23.8. The molecular formula is C10H12Li4N3O15P3. The third-order valence-corrected chi connectivity index (χ3v) is 7.19. The first-order valence-electron chi connectivity index (χ1n) is 7.66. The molecule has 0 spiro atoms. The summed E-state index contributed by atoms with van der Waals surface area (Å²) in [6.45, 7) is -1.09. The van der Waals surface area contributed by atoms with E-state index >= 15 is 0 Å². The summed E-state index contributed by atoms with van der Waals surface area (Å²) in [7, 11) is -18.1. The summed E-state index contributed by atoms with van der Waals surface area (Å²) in [6, 6.07) is 0. The number of aliphatic hydroxyl groups excluding tert-OH is 1.